The third kappa shape index (κ3) is 2.20. The number of rotatable bonds is 1. The van der Waals surface area contributed by atoms with Crippen LogP contribution < -0.4 is 0 Å². The van der Waals surface area contributed by atoms with Gasteiger partial charge in [-0.3, -0.25) is 9.88 Å². The number of pyridine rings is 1. The molecule has 1 saturated heterocycles. The van der Waals surface area contributed by atoms with Crippen molar-refractivity contribution in [2.75, 3.05) is 6.54 Å². The maximum atomic E-state index is 4.22. The first-order chi connectivity index (χ1) is 7.09. The van der Waals surface area contributed by atoms with E-state index >= 15 is 0 Å². The number of aromatic nitrogens is 1. The van der Waals surface area contributed by atoms with Crippen LogP contribution in [0.15, 0.2) is 24.5 Å². The molecule has 0 radical (unpaired) electrons. The Hall–Kier alpha value is -0.890. The van der Waals surface area contributed by atoms with Crippen LogP contribution in [-0.2, 0) is 0 Å². The van der Waals surface area contributed by atoms with Crippen molar-refractivity contribution in [3.8, 4) is 0 Å². The molecule has 2 heteroatoms. The van der Waals surface area contributed by atoms with Gasteiger partial charge in [0.25, 0.3) is 0 Å². The van der Waals surface area contributed by atoms with Crippen LogP contribution in [0.25, 0.3) is 0 Å². The monoisotopic (exact) mass is 204 g/mol. The minimum atomic E-state index is 0.261. The molecule has 0 N–H and O–H groups in total. The lowest BCUT2D eigenvalue weighted by Gasteiger charge is -2.37. The molecule has 82 valence electrons. The summed E-state index contributed by atoms with van der Waals surface area (Å²) in [6.45, 7) is 8.09. The van der Waals surface area contributed by atoms with Gasteiger partial charge in [0.1, 0.15) is 0 Å². The molecule has 2 rings (SSSR count). The van der Waals surface area contributed by atoms with Crippen LogP contribution in [0.1, 0.15) is 45.2 Å². The van der Waals surface area contributed by atoms with Gasteiger partial charge in [-0.2, -0.15) is 0 Å². The summed E-state index contributed by atoms with van der Waals surface area (Å²) in [6.07, 6.45) is 6.43. The normalized spacial score (nSPS) is 23.3. The van der Waals surface area contributed by atoms with Crippen molar-refractivity contribution in [2.24, 2.45) is 0 Å². The quantitative estimate of drug-likeness (QED) is 0.699. The molecule has 0 bridgehead atoms. The molecule has 0 saturated carbocycles. The summed E-state index contributed by atoms with van der Waals surface area (Å²) >= 11 is 0. The molecule has 1 aromatic heterocycles. The second-order valence-corrected chi connectivity index (χ2v) is 5.31. The highest BCUT2D eigenvalue weighted by Crippen LogP contribution is 2.36. The summed E-state index contributed by atoms with van der Waals surface area (Å²) in [5, 5.41) is 0. The van der Waals surface area contributed by atoms with Crippen molar-refractivity contribution in [3.63, 3.8) is 0 Å². The molecule has 15 heavy (non-hydrogen) atoms. The fourth-order valence-corrected chi connectivity index (χ4v) is 2.49. The Kier molecular flexibility index (Phi) is 2.79. The molecule has 1 atom stereocenters. The second-order valence-electron chi connectivity index (χ2n) is 5.31. The maximum Gasteiger partial charge on any atom is 0.0369 e. The van der Waals surface area contributed by atoms with E-state index in [9.17, 15) is 0 Å². The van der Waals surface area contributed by atoms with Gasteiger partial charge in [-0.05, 0) is 51.8 Å². The van der Waals surface area contributed by atoms with Crippen molar-refractivity contribution >= 4 is 0 Å². The third-order valence-electron chi connectivity index (χ3n) is 3.18. The van der Waals surface area contributed by atoms with E-state index in [1.165, 1.54) is 24.9 Å². The number of nitrogens with zero attached hydrogens (tertiary/aromatic N) is 2. The van der Waals surface area contributed by atoms with Crippen LogP contribution in [0, 0.1) is 0 Å². The fourth-order valence-electron chi connectivity index (χ4n) is 2.49. The summed E-state index contributed by atoms with van der Waals surface area (Å²) in [5.41, 5.74) is 1.63. The number of hydrogen-bond donors (Lipinski definition) is 0. The minimum Gasteiger partial charge on any atom is -0.291 e. The van der Waals surface area contributed by atoms with Gasteiger partial charge >= 0.3 is 0 Å². The highest BCUT2D eigenvalue weighted by Gasteiger charge is 2.33. The highest BCUT2D eigenvalue weighted by molar-refractivity contribution is 5.16. The maximum absolute atomic E-state index is 4.22. The third-order valence-corrected chi connectivity index (χ3v) is 3.18. The van der Waals surface area contributed by atoms with E-state index in [-0.39, 0.29) is 5.54 Å². The van der Waals surface area contributed by atoms with E-state index in [1.54, 1.807) is 0 Å². The summed E-state index contributed by atoms with van der Waals surface area (Å²) in [5.74, 6) is 0. The van der Waals surface area contributed by atoms with Gasteiger partial charge in [-0.1, -0.05) is 6.07 Å². The van der Waals surface area contributed by atoms with Crippen molar-refractivity contribution in [2.45, 2.75) is 45.2 Å². The molecule has 1 aliphatic heterocycles. The molecule has 2 nitrogen and oxygen atoms in total. The van der Waals surface area contributed by atoms with Gasteiger partial charge in [0, 0.05) is 24.0 Å². The summed E-state index contributed by atoms with van der Waals surface area (Å²) in [6, 6.07) is 4.80. The molecule has 0 aromatic carbocycles. The first kappa shape index (κ1) is 10.6. The van der Waals surface area contributed by atoms with E-state index in [0.29, 0.717) is 6.04 Å². The average molecular weight is 204 g/mol. The predicted octanol–water partition coefficient (Wildman–Crippen LogP) is 3.02. The highest BCUT2D eigenvalue weighted by atomic mass is 15.2. The standard InChI is InChI=1S/C13H20N2/c1-13(2,3)15-9-5-7-12(15)11-6-4-8-14-10-11/h4,6,8,10,12H,5,7,9H2,1-3H3. The van der Waals surface area contributed by atoms with Crippen LogP contribution >= 0.6 is 0 Å². The Labute approximate surface area is 92.3 Å². The van der Waals surface area contributed by atoms with Crippen molar-refractivity contribution in [1.29, 1.82) is 0 Å². The zero-order valence-electron chi connectivity index (χ0n) is 9.90. The van der Waals surface area contributed by atoms with Gasteiger partial charge in [-0.15, -0.1) is 0 Å². The van der Waals surface area contributed by atoms with E-state index in [2.05, 4.69) is 36.7 Å². The van der Waals surface area contributed by atoms with Crippen molar-refractivity contribution in [1.82, 2.24) is 9.88 Å². The topological polar surface area (TPSA) is 16.1 Å². The minimum absolute atomic E-state index is 0.261. The smallest absolute Gasteiger partial charge is 0.0369 e. The Bertz CT molecular complexity index is 313. The zero-order valence-corrected chi connectivity index (χ0v) is 9.90. The Morgan fingerprint density at radius 2 is 2.20 bits per heavy atom. The number of likely N-dealkylation sites (tertiary alicyclic amines) is 1. The second kappa shape index (κ2) is 3.93. The largest absolute Gasteiger partial charge is 0.291 e. The molecule has 0 aliphatic carbocycles. The Balaban J connectivity index is 2.23. The first-order valence-electron chi connectivity index (χ1n) is 5.76. The van der Waals surface area contributed by atoms with Crippen LogP contribution in [0.2, 0.25) is 0 Å². The van der Waals surface area contributed by atoms with Crippen LogP contribution in [0.3, 0.4) is 0 Å². The van der Waals surface area contributed by atoms with Crippen LogP contribution in [0.4, 0.5) is 0 Å². The van der Waals surface area contributed by atoms with E-state index in [1.807, 2.05) is 18.5 Å². The number of hydrogen-bond acceptors (Lipinski definition) is 2. The fraction of sp³-hybridized carbons (Fsp3) is 0.615. The molecule has 1 aromatic rings. The van der Waals surface area contributed by atoms with Gasteiger partial charge in [0.15, 0.2) is 0 Å². The first-order valence-corrected chi connectivity index (χ1v) is 5.76. The molecule has 2 heterocycles. The van der Waals surface area contributed by atoms with E-state index in [4.69, 9.17) is 0 Å². The average Bonchev–Trinajstić information content (AvgIpc) is 2.67. The Morgan fingerprint density at radius 1 is 1.40 bits per heavy atom. The molecule has 1 fully saturated rings. The molecule has 0 spiro atoms. The summed E-state index contributed by atoms with van der Waals surface area (Å²) in [7, 11) is 0. The van der Waals surface area contributed by atoms with Crippen molar-refractivity contribution in [3.05, 3.63) is 30.1 Å². The zero-order chi connectivity index (χ0) is 10.9. The Morgan fingerprint density at radius 3 is 2.80 bits per heavy atom. The van der Waals surface area contributed by atoms with Gasteiger partial charge in [0.05, 0.1) is 0 Å². The molecule has 1 unspecified atom stereocenters. The van der Waals surface area contributed by atoms with Crippen molar-refractivity contribution < 1.29 is 0 Å². The molecule has 0 amide bonds. The SMILES string of the molecule is CC(C)(C)N1CCCC1c1cccnc1. The van der Waals surface area contributed by atoms with Gasteiger partial charge in [-0.25, -0.2) is 0 Å². The lowest BCUT2D eigenvalue weighted by Crippen LogP contribution is -2.40. The lowest BCUT2D eigenvalue weighted by atomic mass is 10.0. The molecular weight excluding hydrogens is 184 g/mol. The van der Waals surface area contributed by atoms with Gasteiger partial charge < -0.3 is 0 Å². The summed E-state index contributed by atoms with van der Waals surface area (Å²) < 4.78 is 0. The van der Waals surface area contributed by atoms with Crippen LogP contribution in [-0.4, -0.2) is 22.0 Å². The van der Waals surface area contributed by atoms with Crippen LogP contribution in [0.5, 0.6) is 0 Å². The van der Waals surface area contributed by atoms with Gasteiger partial charge in [0.2, 0.25) is 0 Å². The van der Waals surface area contributed by atoms with E-state index < -0.39 is 0 Å². The van der Waals surface area contributed by atoms with E-state index in [0.717, 1.165) is 0 Å². The summed E-state index contributed by atoms with van der Waals surface area (Å²) in [4.78, 5) is 6.81. The predicted molar refractivity (Wildman–Crippen MR) is 62.7 cm³/mol. The lowest BCUT2D eigenvalue weighted by molar-refractivity contribution is 0.121. The molecule has 1 aliphatic rings. The molecular formula is C13H20N2.